The highest BCUT2D eigenvalue weighted by molar-refractivity contribution is 5.89. The van der Waals surface area contributed by atoms with E-state index in [1.807, 2.05) is 54.0 Å². The number of benzene rings is 4. The van der Waals surface area contributed by atoms with Gasteiger partial charge in [-0.3, -0.25) is 14.8 Å². The Morgan fingerprint density at radius 1 is 0.556 bits per heavy atom. The Bertz CT molecular complexity index is 2400. The van der Waals surface area contributed by atoms with Crippen molar-refractivity contribution in [2.24, 2.45) is 0 Å². The van der Waals surface area contributed by atoms with E-state index in [9.17, 15) is 20.0 Å². The maximum Gasteiger partial charge on any atom is 0.314 e. The van der Waals surface area contributed by atoms with Gasteiger partial charge in [-0.25, -0.2) is 5.48 Å². The van der Waals surface area contributed by atoms with Crippen molar-refractivity contribution >= 4 is 11.9 Å². The standard InChI is InChI=1S/C14H17NO3.C14H15NO.C14H16O3.C10H9NO/c16-13(15-17)14(7-1-2-8-14)11-5-3-4-10-6-9-18-12(10)11;15-10-14(7-1-2-8-14)12-5-3-4-11-6-9-16-13(11)12;15-13(16)14(7-1-2-8-14)11-5-3-4-10-6-9-17-12(10)11;11-6-4-8-2-1-3-9-5-7-12-10(8)9/h3-5,17H,1-2,6-9H2,(H,15,16);3-5H,1-2,6-9H2;3-5H,1-2,6-9H2,(H,15,16);1-3H,4-5,7H2. The van der Waals surface area contributed by atoms with Gasteiger partial charge in [-0.1, -0.05) is 111 Å². The molecular formula is C52H57N3O8. The summed E-state index contributed by atoms with van der Waals surface area (Å²) in [6.07, 6.45) is 15.6. The molecule has 0 unspecified atom stereocenters. The van der Waals surface area contributed by atoms with Crippen molar-refractivity contribution in [2.45, 2.75) is 125 Å². The molecule has 328 valence electrons. The molecule has 7 aliphatic rings. The molecule has 0 radical (unpaired) electrons. The van der Waals surface area contributed by atoms with Crippen LogP contribution in [0.15, 0.2) is 72.8 Å². The molecule has 11 nitrogen and oxygen atoms in total. The van der Waals surface area contributed by atoms with E-state index in [0.717, 1.165) is 167 Å². The number of carboxylic acid groups (broad SMARTS) is 1. The molecule has 11 rings (SSSR count). The van der Waals surface area contributed by atoms with Crippen molar-refractivity contribution in [1.82, 2.24) is 5.48 Å². The average Bonchev–Trinajstić information content (AvgIpc) is 4.17. The first-order valence-corrected chi connectivity index (χ1v) is 22.7. The van der Waals surface area contributed by atoms with Crippen molar-refractivity contribution in [2.75, 3.05) is 26.4 Å². The third-order valence-corrected chi connectivity index (χ3v) is 14.3. The SMILES string of the molecule is N#CC1(c2cccc3c2OCC3)CCCC1.N#CCc1cccc2c1OCC2.O=C(NO)C1(c2cccc3c2OCC3)CCCC1.O=C(O)C1(c2cccc3c2OCC3)CCCC1. The van der Waals surface area contributed by atoms with Crippen LogP contribution in [-0.4, -0.2) is 48.6 Å². The van der Waals surface area contributed by atoms with Crippen LogP contribution < -0.4 is 24.4 Å². The lowest BCUT2D eigenvalue weighted by Crippen LogP contribution is -2.41. The van der Waals surface area contributed by atoms with Crippen molar-refractivity contribution < 1.29 is 38.9 Å². The predicted molar refractivity (Wildman–Crippen MR) is 235 cm³/mol. The minimum atomic E-state index is -0.699. The highest BCUT2D eigenvalue weighted by Gasteiger charge is 2.47. The Kier molecular flexibility index (Phi) is 13.3. The number of fused-ring (bicyclic) bond motifs is 4. The van der Waals surface area contributed by atoms with Crippen molar-refractivity contribution in [3.8, 4) is 35.1 Å². The first-order chi connectivity index (χ1) is 30.8. The molecule has 4 aromatic rings. The number of aliphatic carboxylic acids is 1. The first kappa shape index (κ1) is 43.6. The highest BCUT2D eigenvalue weighted by Crippen LogP contribution is 2.49. The molecule has 0 atom stereocenters. The van der Waals surface area contributed by atoms with Gasteiger partial charge in [0.15, 0.2) is 0 Å². The lowest BCUT2D eigenvalue weighted by atomic mass is 9.77. The van der Waals surface area contributed by atoms with Gasteiger partial charge >= 0.3 is 5.97 Å². The van der Waals surface area contributed by atoms with Gasteiger partial charge in [-0.15, -0.1) is 0 Å². The molecule has 3 fully saturated rings. The second-order valence-electron chi connectivity index (χ2n) is 17.7. The lowest BCUT2D eigenvalue weighted by molar-refractivity contribution is -0.143. The van der Waals surface area contributed by atoms with Crippen LogP contribution in [0.4, 0.5) is 0 Å². The van der Waals surface area contributed by atoms with E-state index in [1.54, 1.807) is 0 Å². The second kappa shape index (κ2) is 19.1. The number of hydrogen-bond acceptors (Lipinski definition) is 9. The fraction of sp³-hybridized carbons (Fsp3) is 0.462. The van der Waals surface area contributed by atoms with E-state index in [1.165, 1.54) is 16.7 Å². The van der Waals surface area contributed by atoms with Gasteiger partial charge < -0.3 is 24.1 Å². The normalized spacial score (nSPS) is 19.3. The van der Waals surface area contributed by atoms with Crippen LogP contribution in [0.25, 0.3) is 0 Å². The molecule has 0 saturated heterocycles. The minimum Gasteiger partial charge on any atom is -0.493 e. The quantitative estimate of drug-likeness (QED) is 0.126. The zero-order valence-electron chi connectivity index (χ0n) is 36.0. The van der Waals surface area contributed by atoms with Crippen molar-refractivity contribution in [3.63, 3.8) is 0 Å². The van der Waals surface area contributed by atoms with Gasteiger partial charge in [-0.05, 0) is 60.8 Å². The summed E-state index contributed by atoms with van der Waals surface area (Å²) in [7, 11) is 0. The number of hydroxylamine groups is 1. The number of amides is 1. The monoisotopic (exact) mass is 851 g/mol. The number of carbonyl (C=O) groups is 2. The van der Waals surface area contributed by atoms with Crippen LogP contribution in [0, 0.1) is 22.7 Å². The molecule has 11 heteroatoms. The molecule has 4 heterocycles. The summed E-state index contributed by atoms with van der Waals surface area (Å²) in [5, 5.41) is 36.7. The molecule has 3 N–H and O–H groups in total. The summed E-state index contributed by atoms with van der Waals surface area (Å²) in [4.78, 5) is 23.8. The zero-order chi connectivity index (χ0) is 43.9. The Labute approximate surface area is 369 Å². The molecule has 0 spiro atoms. The smallest absolute Gasteiger partial charge is 0.314 e. The molecule has 3 aliphatic carbocycles. The van der Waals surface area contributed by atoms with E-state index >= 15 is 0 Å². The molecule has 63 heavy (non-hydrogen) atoms. The fourth-order valence-corrected chi connectivity index (χ4v) is 11.0. The number of para-hydroxylation sites is 4. The van der Waals surface area contributed by atoms with E-state index in [0.29, 0.717) is 19.6 Å². The van der Waals surface area contributed by atoms with Crippen molar-refractivity contribution in [3.05, 3.63) is 117 Å². The van der Waals surface area contributed by atoms with Gasteiger partial charge in [0, 0.05) is 47.9 Å². The van der Waals surface area contributed by atoms with Crippen LogP contribution >= 0.6 is 0 Å². The van der Waals surface area contributed by atoms with Crippen molar-refractivity contribution in [1.29, 1.82) is 10.5 Å². The maximum absolute atomic E-state index is 12.1. The van der Waals surface area contributed by atoms with Gasteiger partial charge in [0.25, 0.3) is 5.91 Å². The van der Waals surface area contributed by atoms with E-state index in [-0.39, 0.29) is 11.3 Å². The van der Waals surface area contributed by atoms with Crippen LogP contribution in [0.5, 0.6) is 23.0 Å². The number of carboxylic acids is 1. The topological polar surface area (TPSA) is 171 Å². The number of nitrogens with zero attached hydrogens (tertiary/aromatic N) is 2. The average molecular weight is 852 g/mol. The second-order valence-corrected chi connectivity index (χ2v) is 17.7. The summed E-state index contributed by atoms with van der Waals surface area (Å²) in [5.41, 5.74) is 9.13. The Balaban J connectivity index is 0.000000116. The zero-order valence-corrected chi connectivity index (χ0v) is 36.0. The molecule has 4 aliphatic heterocycles. The summed E-state index contributed by atoms with van der Waals surface area (Å²) < 4.78 is 22.5. The first-order valence-electron chi connectivity index (χ1n) is 22.7. The number of ether oxygens (including phenoxy) is 4. The third kappa shape index (κ3) is 8.44. The molecular weight excluding hydrogens is 795 g/mol. The highest BCUT2D eigenvalue weighted by atomic mass is 16.5. The Morgan fingerprint density at radius 3 is 1.41 bits per heavy atom. The minimum absolute atomic E-state index is 0.268. The van der Waals surface area contributed by atoms with Crippen LogP contribution in [-0.2, 0) is 57.9 Å². The van der Waals surface area contributed by atoms with Crippen LogP contribution in [0.3, 0.4) is 0 Å². The van der Waals surface area contributed by atoms with E-state index < -0.39 is 16.8 Å². The molecule has 0 bridgehead atoms. The molecule has 3 saturated carbocycles. The van der Waals surface area contributed by atoms with Gasteiger partial charge in [0.05, 0.1) is 61.2 Å². The number of carbonyl (C=O) groups excluding carboxylic acids is 1. The Morgan fingerprint density at radius 2 is 0.952 bits per heavy atom. The molecule has 0 aromatic heterocycles. The summed E-state index contributed by atoms with van der Waals surface area (Å²) in [6, 6.07) is 28.9. The number of hydrogen-bond donors (Lipinski definition) is 3. The molecule has 1 amide bonds. The van der Waals surface area contributed by atoms with Crippen LogP contribution in [0.1, 0.15) is 122 Å². The molecule has 4 aromatic carbocycles. The van der Waals surface area contributed by atoms with Gasteiger partial charge in [-0.2, -0.15) is 10.5 Å². The summed E-state index contributed by atoms with van der Waals surface area (Å²) in [5.74, 6) is 2.66. The van der Waals surface area contributed by atoms with E-state index in [4.69, 9.17) is 29.4 Å². The predicted octanol–water partition coefficient (Wildman–Crippen LogP) is 9.10. The fourth-order valence-electron chi connectivity index (χ4n) is 11.0. The number of nitriles is 2. The van der Waals surface area contributed by atoms with Gasteiger partial charge in [0.1, 0.15) is 23.0 Å². The summed E-state index contributed by atoms with van der Waals surface area (Å²) >= 11 is 0. The number of nitrogens with one attached hydrogen (secondary N) is 1. The maximum atomic E-state index is 12.1. The van der Waals surface area contributed by atoms with Crippen LogP contribution in [0.2, 0.25) is 0 Å². The number of rotatable bonds is 6. The largest absolute Gasteiger partial charge is 0.493 e. The third-order valence-electron chi connectivity index (χ3n) is 14.3. The van der Waals surface area contributed by atoms with E-state index in [2.05, 4.69) is 36.4 Å². The summed E-state index contributed by atoms with van der Waals surface area (Å²) in [6.45, 7) is 2.90. The van der Waals surface area contributed by atoms with Gasteiger partial charge in [0.2, 0.25) is 0 Å². The Hall–Kier alpha value is -6.04. The lowest BCUT2D eigenvalue weighted by Gasteiger charge is -2.28.